The van der Waals surface area contributed by atoms with E-state index in [0.29, 0.717) is 22.3 Å². The fourth-order valence-electron chi connectivity index (χ4n) is 3.77. The summed E-state index contributed by atoms with van der Waals surface area (Å²) in [5.41, 5.74) is 7.36. The van der Waals surface area contributed by atoms with Crippen molar-refractivity contribution < 1.29 is 14.4 Å². The fourth-order valence-corrected chi connectivity index (χ4v) is 4.74. The minimum atomic E-state index is -0.907. The number of hydrogen-bond acceptors (Lipinski definition) is 3. The molecule has 0 bridgehead atoms. The molecule has 0 saturated carbocycles. The molecule has 0 aliphatic carbocycles. The predicted octanol–water partition coefficient (Wildman–Crippen LogP) is 6.05. The van der Waals surface area contributed by atoms with E-state index in [1.807, 2.05) is 45.0 Å². The van der Waals surface area contributed by atoms with Gasteiger partial charge in [0.1, 0.15) is 5.69 Å². The van der Waals surface area contributed by atoms with E-state index in [9.17, 15) is 14.4 Å². The lowest BCUT2D eigenvalue weighted by molar-refractivity contribution is -0.133. The van der Waals surface area contributed by atoms with E-state index in [-0.39, 0.29) is 5.69 Å². The van der Waals surface area contributed by atoms with Gasteiger partial charge >= 0.3 is 11.8 Å². The maximum atomic E-state index is 13.2. The Bertz CT molecular complexity index is 1470. The molecule has 0 radical (unpaired) electrons. The molecule has 0 aliphatic heterocycles. The van der Waals surface area contributed by atoms with Gasteiger partial charge in [-0.1, -0.05) is 28.1 Å². The summed E-state index contributed by atoms with van der Waals surface area (Å²) in [4.78, 5) is 38.7. The number of anilines is 2. The summed E-state index contributed by atoms with van der Waals surface area (Å²) in [5, 5.41) is 6.18. The Labute approximate surface area is 219 Å². The first kappa shape index (κ1) is 24.7. The van der Waals surface area contributed by atoms with Crippen molar-refractivity contribution in [1.29, 1.82) is 0 Å². The molecule has 0 aliphatic rings. The quantitative estimate of drug-likeness (QED) is 0.250. The van der Waals surface area contributed by atoms with Crippen molar-refractivity contribution in [2.45, 2.75) is 20.8 Å². The van der Waals surface area contributed by atoms with E-state index in [0.717, 1.165) is 25.6 Å². The number of carbonyl (C=O) groups excluding carboxylic acids is 3. The van der Waals surface area contributed by atoms with Crippen LogP contribution in [0, 0.1) is 20.8 Å². The Morgan fingerprint density at radius 1 is 0.743 bits per heavy atom. The summed E-state index contributed by atoms with van der Waals surface area (Å²) in [6, 6.07) is 18.1. The molecule has 178 valence electrons. The van der Waals surface area contributed by atoms with Crippen LogP contribution in [-0.2, 0) is 9.59 Å². The summed E-state index contributed by atoms with van der Waals surface area (Å²) >= 11 is 6.89. The second-order valence-electron chi connectivity index (χ2n) is 8.28. The fraction of sp³-hybridized carbons (Fsp3) is 0.115. The van der Waals surface area contributed by atoms with Crippen LogP contribution >= 0.6 is 31.9 Å². The molecule has 0 saturated heterocycles. The van der Waals surface area contributed by atoms with E-state index in [4.69, 9.17) is 0 Å². The van der Waals surface area contributed by atoms with Crippen molar-refractivity contribution in [3.8, 4) is 0 Å². The molecule has 3 aromatic carbocycles. The summed E-state index contributed by atoms with van der Waals surface area (Å²) in [5.74, 6) is -2.20. The van der Waals surface area contributed by atoms with Gasteiger partial charge in [-0.15, -0.1) is 0 Å². The van der Waals surface area contributed by atoms with Crippen molar-refractivity contribution in [3.63, 3.8) is 0 Å². The zero-order valence-corrected chi connectivity index (χ0v) is 22.4. The number of aryl methyl sites for hydroxylation is 3. The van der Waals surface area contributed by atoms with Crippen LogP contribution in [0.3, 0.4) is 0 Å². The van der Waals surface area contributed by atoms with E-state index >= 15 is 0 Å². The number of rotatable bonds is 4. The van der Waals surface area contributed by atoms with Crippen molar-refractivity contribution >= 4 is 71.9 Å². The summed E-state index contributed by atoms with van der Waals surface area (Å²) < 4.78 is 2.87. The zero-order valence-electron chi connectivity index (χ0n) is 19.2. The van der Waals surface area contributed by atoms with Crippen LogP contribution in [0.25, 0.3) is 10.9 Å². The molecule has 3 N–H and O–H groups in total. The molecule has 35 heavy (non-hydrogen) atoms. The molecule has 7 nitrogen and oxygen atoms in total. The normalized spacial score (nSPS) is 10.8. The van der Waals surface area contributed by atoms with Gasteiger partial charge < -0.3 is 10.6 Å². The molecule has 0 fully saturated rings. The number of nitrogens with zero attached hydrogens (tertiary/aromatic N) is 1. The standard InChI is InChI=1S/C26H22Br2N4O3/c1-14-4-6-21(20(28)11-14)30-24(33)23-13-17-12-18(27)5-7-22(17)32(23)31-26(35)25(34)29-19-9-15(2)8-16(3)10-19/h4-13H,1-3H3,(H,29,34)(H,30,33)(H,31,35). The molecule has 4 rings (SSSR count). The molecule has 9 heteroatoms. The van der Waals surface area contributed by atoms with Gasteiger partial charge in [-0.05, 0) is 102 Å². The lowest BCUT2D eigenvalue weighted by atomic mass is 10.1. The van der Waals surface area contributed by atoms with Crippen LogP contribution in [0.1, 0.15) is 27.2 Å². The lowest BCUT2D eigenvalue weighted by Gasteiger charge is -2.14. The Morgan fingerprint density at radius 3 is 2.14 bits per heavy atom. The summed E-state index contributed by atoms with van der Waals surface area (Å²) in [6.07, 6.45) is 0. The second-order valence-corrected chi connectivity index (χ2v) is 10.0. The van der Waals surface area contributed by atoms with Gasteiger partial charge in [-0.3, -0.25) is 19.8 Å². The zero-order chi connectivity index (χ0) is 25.3. The highest BCUT2D eigenvalue weighted by atomic mass is 79.9. The molecular formula is C26H22Br2N4O3. The van der Waals surface area contributed by atoms with Crippen molar-refractivity contribution in [1.82, 2.24) is 4.68 Å². The van der Waals surface area contributed by atoms with Gasteiger partial charge in [-0.2, -0.15) is 0 Å². The van der Waals surface area contributed by atoms with Crippen LogP contribution in [0.2, 0.25) is 0 Å². The average Bonchev–Trinajstić information content (AvgIpc) is 3.12. The highest BCUT2D eigenvalue weighted by Crippen LogP contribution is 2.27. The number of nitrogens with one attached hydrogen (secondary N) is 3. The second kappa shape index (κ2) is 10.1. The molecule has 0 unspecified atom stereocenters. The summed E-state index contributed by atoms with van der Waals surface area (Å²) in [7, 11) is 0. The largest absolute Gasteiger partial charge is 0.328 e. The maximum Gasteiger partial charge on any atom is 0.328 e. The van der Waals surface area contributed by atoms with E-state index in [1.165, 1.54) is 4.68 Å². The molecule has 3 amide bonds. The Balaban J connectivity index is 1.64. The number of benzene rings is 3. The van der Waals surface area contributed by atoms with Crippen molar-refractivity contribution in [3.05, 3.63) is 92.0 Å². The minimum Gasteiger partial charge on any atom is -0.320 e. The smallest absolute Gasteiger partial charge is 0.320 e. The maximum absolute atomic E-state index is 13.2. The first-order valence-corrected chi connectivity index (χ1v) is 12.3. The molecule has 0 atom stereocenters. The van der Waals surface area contributed by atoms with Crippen LogP contribution in [0.4, 0.5) is 11.4 Å². The minimum absolute atomic E-state index is 0.165. The first-order chi connectivity index (χ1) is 16.6. The third-order valence-corrected chi connectivity index (χ3v) is 6.42. The van der Waals surface area contributed by atoms with Gasteiger partial charge in [0.2, 0.25) is 0 Å². The third kappa shape index (κ3) is 5.63. The average molecular weight is 598 g/mol. The van der Waals surface area contributed by atoms with Crippen molar-refractivity contribution in [2.75, 3.05) is 16.1 Å². The van der Waals surface area contributed by atoms with Crippen molar-refractivity contribution in [2.24, 2.45) is 0 Å². The molecule has 4 aromatic rings. The number of amides is 3. The number of carbonyl (C=O) groups is 3. The van der Waals surface area contributed by atoms with E-state index in [2.05, 4.69) is 47.9 Å². The predicted molar refractivity (Wildman–Crippen MR) is 145 cm³/mol. The molecular weight excluding hydrogens is 576 g/mol. The highest BCUT2D eigenvalue weighted by Gasteiger charge is 2.22. The SMILES string of the molecule is Cc1cc(C)cc(NC(=O)C(=O)Nn2c(C(=O)Nc3ccc(C)cc3Br)cc3cc(Br)ccc32)c1. The van der Waals surface area contributed by atoms with E-state index in [1.54, 1.807) is 36.4 Å². The van der Waals surface area contributed by atoms with Crippen LogP contribution in [-0.4, -0.2) is 22.4 Å². The number of aromatic nitrogens is 1. The van der Waals surface area contributed by atoms with Gasteiger partial charge in [0.05, 0.1) is 11.2 Å². The third-order valence-electron chi connectivity index (χ3n) is 5.27. The summed E-state index contributed by atoms with van der Waals surface area (Å²) in [6.45, 7) is 5.76. The molecule has 1 aromatic heterocycles. The van der Waals surface area contributed by atoms with Gasteiger partial charge in [0.15, 0.2) is 0 Å². The Hall–Kier alpha value is -3.43. The lowest BCUT2D eigenvalue weighted by Crippen LogP contribution is -2.36. The molecule has 0 spiro atoms. The Morgan fingerprint density at radius 2 is 1.46 bits per heavy atom. The first-order valence-electron chi connectivity index (χ1n) is 10.7. The molecule has 1 heterocycles. The van der Waals surface area contributed by atoms with Crippen LogP contribution < -0.4 is 16.1 Å². The van der Waals surface area contributed by atoms with Crippen LogP contribution in [0.5, 0.6) is 0 Å². The van der Waals surface area contributed by atoms with Crippen LogP contribution in [0.15, 0.2) is 69.6 Å². The monoisotopic (exact) mass is 596 g/mol. The highest BCUT2D eigenvalue weighted by molar-refractivity contribution is 9.10. The van der Waals surface area contributed by atoms with Gasteiger partial charge in [0, 0.05) is 20.0 Å². The number of halogens is 2. The topological polar surface area (TPSA) is 92.2 Å². The van der Waals surface area contributed by atoms with E-state index < -0.39 is 17.7 Å². The van der Waals surface area contributed by atoms with Gasteiger partial charge in [0.25, 0.3) is 5.91 Å². The number of hydrogen-bond donors (Lipinski definition) is 3. The number of fused-ring (bicyclic) bond motifs is 1. The van der Waals surface area contributed by atoms with Gasteiger partial charge in [-0.25, -0.2) is 4.68 Å². The Kier molecular flexibility index (Phi) is 7.09.